The maximum Gasteiger partial charge on any atom is 0.191 e. The first kappa shape index (κ1) is 18.5. The third-order valence-corrected chi connectivity index (χ3v) is 3.65. The van der Waals surface area contributed by atoms with E-state index in [9.17, 15) is 0 Å². The first-order valence-corrected chi connectivity index (χ1v) is 8.48. The van der Waals surface area contributed by atoms with Crippen LogP contribution in [0.5, 0.6) is 0 Å². The Kier molecular flexibility index (Phi) is 8.56. The van der Waals surface area contributed by atoms with E-state index in [1.165, 1.54) is 24.8 Å². The van der Waals surface area contributed by atoms with Gasteiger partial charge in [-0.2, -0.15) is 0 Å². The van der Waals surface area contributed by atoms with Crippen LogP contribution >= 0.6 is 0 Å². The fourth-order valence-electron chi connectivity index (χ4n) is 2.30. The minimum absolute atomic E-state index is 0.432. The molecule has 124 valence electrons. The normalized spacial score (nSPS) is 13.3. The van der Waals surface area contributed by atoms with Gasteiger partial charge in [0.25, 0.3) is 0 Å². The quantitative estimate of drug-likeness (QED) is 0.569. The van der Waals surface area contributed by atoms with E-state index < -0.39 is 0 Å². The Morgan fingerprint density at radius 1 is 1.27 bits per heavy atom. The van der Waals surface area contributed by atoms with E-state index in [-0.39, 0.29) is 0 Å². The van der Waals surface area contributed by atoms with Crippen molar-refractivity contribution in [1.82, 2.24) is 15.6 Å². The highest BCUT2D eigenvalue weighted by molar-refractivity contribution is 5.80. The molecule has 0 radical (unpaired) electrons. The molecule has 0 amide bonds. The van der Waals surface area contributed by atoms with Gasteiger partial charge in [-0.3, -0.25) is 4.98 Å². The molecule has 2 N–H and O–H groups in total. The van der Waals surface area contributed by atoms with E-state index in [0.717, 1.165) is 24.1 Å². The molecule has 0 aliphatic heterocycles. The second-order valence-electron chi connectivity index (χ2n) is 6.33. The van der Waals surface area contributed by atoms with Crippen LogP contribution in [-0.4, -0.2) is 23.5 Å². The van der Waals surface area contributed by atoms with Crippen molar-refractivity contribution < 1.29 is 0 Å². The maximum atomic E-state index is 4.66. The summed E-state index contributed by atoms with van der Waals surface area (Å²) in [5.74, 6) is 1.66. The number of hydrogen-bond donors (Lipinski definition) is 2. The van der Waals surface area contributed by atoms with Crippen LogP contribution in [0, 0.1) is 12.8 Å². The first-order valence-electron chi connectivity index (χ1n) is 8.48. The smallest absolute Gasteiger partial charge is 0.191 e. The van der Waals surface area contributed by atoms with Gasteiger partial charge in [-0.25, -0.2) is 4.99 Å². The number of hydrogen-bond acceptors (Lipinski definition) is 2. The minimum Gasteiger partial charge on any atom is -0.357 e. The van der Waals surface area contributed by atoms with Gasteiger partial charge in [0.2, 0.25) is 0 Å². The van der Waals surface area contributed by atoms with Gasteiger partial charge in [0.15, 0.2) is 5.96 Å². The molecule has 0 aliphatic carbocycles. The third kappa shape index (κ3) is 7.43. The molecule has 4 nitrogen and oxygen atoms in total. The highest BCUT2D eigenvalue weighted by atomic mass is 15.2. The average molecular weight is 304 g/mol. The van der Waals surface area contributed by atoms with Crippen LogP contribution in [0.15, 0.2) is 23.3 Å². The summed E-state index contributed by atoms with van der Waals surface area (Å²) in [6, 6.07) is 4.47. The van der Waals surface area contributed by atoms with Crippen molar-refractivity contribution in [3.63, 3.8) is 0 Å². The van der Waals surface area contributed by atoms with Crippen molar-refractivity contribution in [3.8, 4) is 0 Å². The minimum atomic E-state index is 0.432. The lowest BCUT2D eigenvalue weighted by Crippen LogP contribution is -2.42. The van der Waals surface area contributed by atoms with Crippen LogP contribution in [0.2, 0.25) is 0 Å². The number of rotatable bonds is 8. The number of pyridine rings is 1. The topological polar surface area (TPSA) is 49.3 Å². The van der Waals surface area contributed by atoms with Crippen LogP contribution in [0.4, 0.5) is 0 Å². The Morgan fingerprint density at radius 3 is 2.68 bits per heavy atom. The SMILES string of the molecule is CCNC(=NCc1ncccc1C)NC(C)CCCC(C)C. The van der Waals surface area contributed by atoms with E-state index in [1.807, 2.05) is 12.3 Å². The zero-order valence-corrected chi connectivity index (χ0v) is 14.8. The van der Waals surface area contributed by atoms with Gasteiger partial charge in [0.1, 0.15) is 0 Å². The molecule has 22 heavy (non-hydrogen) atoms. The Morgan fingerprint density at radius 2 is 2.05 bits per heavy atom. The highest BCUT2D eigenvalue weighted by Crippen LogP contribution is 2.08. The lowest BCUT2D eigenvalue weighted by molar-refractivity contribution is 0.491. The van der Waals surface area contributed by atoms with Gasteiger partial charge in [0.05, 0.1) is 12.2 Å². The van der Waals surface area contributed by atoms with Gasteiger partial charge < -0.3 is 10.6 Å². The molecule has 4 heteroatoms. The summed E-state index contributed by atoms with van der Waals surface area (Å²) >= 11 is 0. The number of aliphatic imine (C=N–C) groups is 1. The molecule has 1 heterocycles. The summed E-state index contributed by atoms with van der Waals surface area (Å²) in [5, 5.41) is 6.81. The maximum absolute atomic E-state index is 4.66. The average Bonchev–Trinajstić information content (AvgIpc) is 2.46. The molecule has 1 unspecified atom stereocenters. The Bertz CT molecular complexity index is 454. The molecule has 0 aliphatic rings. The van der Waals surface area contributed by atoms with Crippen molar-refractivity contribution in [3.05, 3.63) is 29.6 Å². The van der Waals surface area contributed by atoms with E-state index >= 15 is 0 Å². The van der Waals surface area contributed by atoms with Crippen LogP contribution in [0.3, 0.4) is 0 Å². The Balaban J connectivity index is 2.53. The molecule has 0 bridgehead atoms. The number of aromatic nitrogens is 1. The molecular formula is C18H32N4. The van der Waals surface area contributed by atoms with Crippen LogP contribution in [0.1, 0.15) is 58.2 Å². The number of guanidine groups is 1. The van der Waals surface area contributed by atoms with Crippen molar-refractivity contribution in [2.45, 2.75) is 66.5 Å². The fraction of sp³-hybridized carbons (Fsp3) is 0.667. The summed E-state index contributed by atoms with van der Waals surface area (Å²) in [6.07, 6.45) is 5.54. The number of aryl methyl sites for hydroxylation is 1. The molecule has 1 rings (SSSR count). The number of nitrogens with one attached hydrogen (secondary N) is 2. The fourth-order valence-corrected chi connectivity index (χ4v) is 2.30. The second-order valence-corrected chi connectivity index (χ2v) is 6.33. The van der Waals surface area contributed by atoms with Gasteiger partial charge in [-0.05, 0) is 44.7 Å². The molecule has 1 aromatic rings. The summed E-state index contributed by atoms with van der Waals surface area (Å²) in [7, 11) is 0. The zero-order valence-electron chi connectivity index (χ0n) is 14.8. The second kappa shape index (κ2) is 10.2. The van der Waals surface area contributed by atoms with E-state index in [2.05, 4.69) is 61.3 Å². The highest BCUT2D eigenvalue weighted by Gasteiger charge is 2.06. The molecule has 1 atom stereocenters. The largest absolute Gasteiger partial charge is 0.357 e. The van der Waals surface area contributed by atoms with Crippen molar-refractivity contribution >= 4 is 5.96 Å². The summed E-state index contributed by atoms with van der Waals surface area (Å²) in [6.45, 7) is 12.4. The van der Waals surface area contributed by atoms with Crippen molar-refractivity contribution in [2.75, 3.05) is 6.54 Å². The van der Waals surface area contributed by atoms with Crippen molar-refractivity contribution in [2.24, 2.45) is 10.9 Å². The van der Waals surface area contributed by atoms with Crippen LogP contribution in [-0.2, 0) is 6.54 Å². The number of nitrogens with zero attached hydrogens (tertiary/aromatic N) is 2. The zero-order chi connectivity index (χ0) is 16.4. The van der Waals surface area contributed by atoms with E-state index in [1.54, 1.807) is 0 Å². The Hall–Kier alpha value is -1.58. The molecule has 0 fully saturated rings. The van der Waals surface area contributed by atoms with Gasteiger partial charge in [-0.15, -0.1) is 0 Å². The predicted octanol–water partition coefficient (Wildman–Crippen LogP) is 3.66. The van der Waals surface area contributed by atoms with Gasteiger partial charge >= 0.3 is 0 Å². The molecule has 1 aromatic heterocycles. The summed E-state index contributed by atoms with van der Waals surface area (Å²) in [4.78, 5) is 9.06. The molecule has 0 saturated carbocycles. The molecule has 0 spiro atoms. The summed E-state index contributed by atoms with van der Waals surface area (Å²) < 4.78 is 0. The Labute approximate surface area is 135 Å². The van der Waals surface area contributed by atoms with Crippen molar-refractivity contribution in [1.29, 1.82) is 0 Å². The molecule has 0 aromatic carbocycles. The molecular weight excluding hydrogens is 272 g/mol. The third-order valence-electron chi connectivity index (χ3n) is 3.65. The summed E-state index contributed by atoms with van der Waals surface area (Å²) in [5.41, 5.74) is 2.22. The lowest BCUT2D eigenvalue weighted by atomic mass is 10.0. The van der Waals surface area contributed by atoms with Crippen LogP contribution in [0.25, 0.3) is 0 Å². The van der Waals surface area contributed by atoms with Gasteiger partial charge in [-0.1, -0.05) is 32.8 Å². The standard InChI is InChI=1S/C18H32N4/c1-6-19-18(22-16(5)11-7-9-14(2)3)21-13-17-15(4)10-8-12-20-17/h8,10,12,14,16H,6-7,9,11,13H2,1-5H3,(H2,19,21,22). The van der Waals surface area contributed by atoms with E-state index in [4.69, 9.17) is 0 Å². The van der Waals surface area contributed by atoms with E-state index in [0.29, 0.717) is 12.6 Å². The monoisotopic (exact) mass is 304 g/mol. The van der Waals surface area contributed by atoms with Gasteiger partial charge in [0, 0.05) is 18.8 Å². The lowest BCUT2D eigenvalue weighted by Gasteiger charge is -2.18. The first-order chi connectivity index (χ1) is 10.5. The molecule has 0 saturated heterocycles. The van der Waals surface area contributed by atoms with Crippen LogP contribution < -0.4 is 10.6 Å². The predicted molar refractivity (Wildman–Crippen MR) is 95.1 cm³/mol.